The average Bonchev–Trinajstić information content (AvgIpc) is 2.47. The molecular weight excluding hydrogens is 348 g/mol. The van der Waals surface area contributed by atoms with Crippen LogP contribution in [0.25, 0.3) is 0 Å². The highest BCUT2D eigenvalue weighted by molar-refractivity contribution is 6.30. The van der Waals surface area contributed by atoms with E-state index < -0.39 is 17.6 Å². The molecule has 0 bridgehead atoms. The predicted octanol–water partition coefficient (Wildman–Crippen LogP) is 5.01. The van der Waals surface area contributed by atoms with Gasteiger partial charge in [-0.1, -0.05) is 62.7 Å². The van der Waals surface area contributed by atoms with Crippen molar-refractivity contribution in [3.05, 3.63) is 70.0 Å². The number of carbonyl (C=O) groups is 1. The van der Waals surface area contributed by atoms with Crippen molar-refractivity contribution < 1.29 is 9.18 Å². The van der Waals surface area contributed by atoms with Gasteiger partial charge in [0, 0.05) is 0 Å². The summed E-state index contributed by atoms with van der Waals surface area (Å²) in [6.45, 7) is 6.43. The Bertz CT molecular complexity index is 708. The van der Waals surface area contributed by atoms with E-state index in [0.29, 0.717) is 12.0 Å². The zero-order valence-corrected chi connectivity index (χ0v) is 15.5. The number of rotatable bonds is 4. The quantitative estimate of drug-likeness (QED) is 0.808. The summed E-state index contributed by atoms with van der Waals surface area (Å²) >= 11 is 5.69. The molecule has 2 N–H and O–H groups in total. The normalized spacial score (nSPS) is 12.4. The van der Waals surface area contributed by atoms with Crippen molar-refractivity contribution in [3.63, 3.8) is 0 Å². The molecule has 2 aromatic rings. The van der Waals surface area contributed by atoms with Crippen LogP contribution in [0.15, 0.2) is 42.5 Å². The van der Waals surface area contributed by atoms with E-state index in [9.17, 15) is 9.18 Å². The first kappa shape index (κ1) is 20.5. The van der Waals surface area contributed by atoms with Crippen LogP contribution >= 0.6 is 24.0 Å². The molecular formula is C19H22Cl2FNO. The van der Waals surface area contributed by atoms with Crippen LogP contribution < -0.4 is 5.73 Å². The maximum absolute atomic E-state index is 13.6. The highest BCUT2D eigenvalue weighted by atomic mass is 35.5. The first-order valence-corrected chi connectivity index (χ1v) is 7.90. The Labute approximate surface area is 153 Å². The topological polar surface area (TPSA) is 43.1 Å². The molecule has 1 unspecified atom stereocenters. The third kappa shape index (κ3) is 4.96. The summed E-state index contributed by atoms with van der Waals surface area (Å²) in [6.07, 6.45) is 0.431. The van der Waals surface area contributed by atoms with Gasteiger partial charge in [-0.05, 0) is 40.7 Å². The molecule has 0 aromatic heterocycles. The predicted molar refractivity (Wildman–Crippen MR) is 99.4 cm³/mol. The minimum atomic E-state index is -0.581. The van der Waals surface area contributed by atoms with Crippen molar-refractivity contribution >= 4 is 29.9 Å². The van der Waals surface area contributed by atoms with Gasteiger partial charge in [0.25, 0.3) is 0 Å². The summed E-state index contributed by atoms with van der Waals surface area (Å²) in [7, 11) is 0. The lowest BCUT2D eigenvalue weighted by Gasteiger charge is -2.20. The van der Waals surface area contributed by atoms with Crippen LogP contribution in [-0.4, -0.2) is 5.91 Å². The highest BCUT2D eigenvalue weighted by Crippen LogP contribution is 2.27. The van der Waals surface area contributed by atoms with E-state index in [2.05, 4.69) is 32.9 Å². The van der Waals surface area contributed by atoms with Crippen LogP contribution in [0.3, 0.4) is 0 Å². The van der Waals surface area contributed by atoms with Crippen LogP contribution in [0.4, 0.5) is 4.39 Å². The largest absolute Gasteiger partial charge is 0.369 e. The second-order valence-electron chi connectivity index (χ2n) is 6.78. The lowest BCUT2D eigenvalue weighted by atomic mass is 9.85. The summed E-state index contributed by atoms with van der Waals surface area (Å²) in [5.41, 5.74) is 8.32. The second kappa shape index (κ2) is 8.00. The molecule has 5 heteroatoms. The molecule has 0 saturated carbocycles. The Morgan fingerprint density at radius 2 is 1.75 bits per heavy atom. The van der Waals surface area contributed by atoms with E-state index in [1.165, 1.54) is 17.7 Å². The summed E-state index contributed by atoms with van der Waals surface area (Å²) in [5.74, 6) is -1.60. The van der Waals surface area contributed by atoms with Gasteiger partial charge in [-0.2, -0.15) is 0 Å². The molecule has 1 atom stereocenters. The van der Waals surface area contributed by atoms with E-state index in [1.54, 1.807) is 6.07 Å². The van der Waals surface area contributed by atoms with Crippen LogP contribution in [0, 0.1) is 5.82 Å². The first-order valence-electron chi connectivity index (χ1n) is 7.52. The van der Waals surface area contributed by atoms with Crippen molar-refractivity contribution in [2.24, 2.45) is 5.73 Å². The zero-order valence-electron chi connectivity index (χ0n) is 14.0. The Balaban J connectivity index is 0.00000288. The van der Waals surface area contributed by atoms with E-state index in [1.807, 2.05) is 12.1 Å². The summed E-state index contributed by atoms with van der Waals surface area (Å²) < 4.78 is 13.6. The van der Waals surface area contributed by atoms with Crippen molar-refractivity contribution in [2.75, 3.05) is 0 Å². The number of primary amides is 1. The van der Waals surface area contributed by atoms with E-state index >= 15 is 0 Å². The van der Waals surface area contributed by atoms with Gasteiger partial charge in [0.05, 0.1) is 10.9 Å². The van der Waals surface area contributed by atoms with Gasteiger partial charge in [-0.15, -0.1) is 12.4 Å². The number of hydrogen-bond acceptors (Lipinski definition) is 1. The number of hydrogen-bond donors (Lipinski definition) is 1. The molecule has 0 aliphatic rings. The van der Waals surface area contributed by atoms with Crippen molar-refractivity contribution in [2.45, 2.75) is 38.5 Å². The summed E-state index contributed by atoms with van der Waals surface area (Å²) in [6, 6.07) is 12.5. The molecule has 0 spiro atoms. The van der Waals surface area contributed by atoms with Gasteiger partial charge in [0.15, 0.2) is 0 Å². The fourth-order valence-corrected chi connectivity index (χ4v) is 2.61. The lowest BCUT2D eigenvalue weighted by molar-refractivity contribution is -0.119. The van der Waals surface area contributed by atoms with E-state index in [-0.39, 0.29) is 22.8 Å². The van der Waals surface area contributed by atoms with Crippen LogP contribution in [-0.2, 0) is 16.6 Å². The van der Waals surface area contributed by atoms with Gasteiger partial charge in [-0.25, -0.2) is 4.39 Å². The molecule has 0 fully saturated rings. The van der Waals surface area contributed by atoms with Crippen molar-refractivity contribution in [3.8, 4) is 0 Å². The molecule has 2 nitrogen and oxygen atoms in total. The third-order valence-corrected chi connectivity index (χ3v) is 4.26. The fourth-order valence-electron chi connectivity index (χ4n) is 2.49. The maximum Gasteiger partial charge on any atom is 0.225 e. The Morgan fingerprint density at radius 1 is 1.17 bits per heavy atom. The number of amides is 1. The smallest absolute Gasteiger partial charge is 0.225 e. The molecule has 2 rings (SSSR count). The van der Waals surface area contributed by atoms with Gasteiger partial charge in [0.1, 0.15) is 5.82 Å². The maximum atomic E-state index is 13.6. The van der Waals surface area contributed by atoms with Crippen LogP contribution in [0.2, 0.25) is 5.02 Å². The monoisotopic (exact) mass is 369 g/mol. The fraction of sp³-hybridized carbons (Fsp3) is 0.316. The molecule has 24 heavy (non-hydrogen) atoms. The minimum absolute atomic E-state index is 0. The molecule has 130 valence electrons. The van der Waals surface area contributed by atoms with Crippen LogP contribution in [0.1, 0.15) is 43.4 Å². The molecule has 0 saturated heterocycles. The minimum Gasteiger partial charge on any atom is -0.369 e. The molecule has 2 aromatic carbocycles. The van der Waals surface area contributed by atoms with Crippen LogP contribution in [0.5, 0.6) is 0 Å². The van der Waals surface area contributed by atoms with E-state index in [0.717, 1.165) is 5.56 Å². The highest BCUT2D eigenvalue weighted by Gasteiger charge is 2.20. The summed E-state index contributed by atoms with van der Waals surface area (Å²) in [5, 5.41) is 0.0338. The summed E-state index contributed by atoms with van der Waals surface area (Å²) in [4.78, 5) is 11.8. The molecule has 0 aliphatic carbocycles. The molecule has 0 radical (unpaired) electrons. The number of nitrogens with two attached hydrogens (primary N) is 1. The van der Waals surface area contributed by atoms with Crippen molar-refractivity contribution in [1.29, 1.82) is 0 Å². The Kier molecular flexibility index (Phi) is 6.82. The van der Waals surface area contributed by atoms with Crippen molar-refractivity contribution in [1.82, 2.24) is 0 Å². The molecule has 0 aliphatic heterocycles. The van der Waals surface area contributed by atoms with Gasteiger partial charge < -0.3 is 5.73 Å². The zero-order chi connectivity index (χ0) is 17.2. The first-order chi connectivity index (χ1) is 10.7. The van der Waals surface area contributed by atoms with Gasteiger partial charge >= 0.3 is 0 Å². The number of carbonyl (C=O) groups excluding carboxylic acids is 1. The molecule has 1 amide bonds. The number of halogens is 3. The van der Waals surface area contributed by atoms with Gasteiger partial charge in [-0.3, -0.25) is 4.79 Å². The second-order valence-corrected chi connectivity index (χ2v) is 7.19. The third-order valence-electron chi connectivity index (χ3n) is 3.95. The Morgan fingerprint density at radius 3 is 2.21 bits per heavy atom. The van der Waals surface area contributed by atoms with Gasteiger partial charge in [0.2, 0.25) is 5.91 Å². The van der Waals surface area contributed by atoms with E-state index in [4.69, 9.17) is 17.3 Å². The Hall–Kier alpha value is -1.58. The lowest BCUT2D eigenvalue weighted by Crippen LogP contribution is -2.23. The standard InChI is InChI=1S/C19H21ClFNO.ClH/c1-19(2,3)14-7-4-12(5-8-14)10-15(18(22)23)13-6-9-16(20)17(21)11-13;/h4-9,11,15H,10H2,1-3H3,(H2,22,23);1H. The SMILES string of the molecule is CC(C)(C)c1ccc(CC(C(N)=O)c2ccc(Cl)c(F)c2)cc1.Cl. The average molecular weight is 370 g/mol. The number of benzene rings is 2. The molecule has 0 heterocycles.